The topological polar surface area (TPSA) is 199 Å². The van der Waals surface area contributed by atoms with Gasteiger partial charge in [0.15, 0.2) is 6.29 Å². The average Bonchev–Trinajstić information content (AvgIpc) is 2.65. The Morgan fingerprint density at radius 1 is 0.815 bits per heavy atom. The molecular formula is C15H28O12. The van der Waals surface area contributed by atoms with E-state index in [1.165, 1.54) is 7.11 Å². The Kier molecular flexibility index (Phi) is 8.30. The van der Waals surface area contributed by atoms with Crippen molar-refractivity contribution in [1.29, 1.82) is 0 Å². The number of methoxy groups -OCH3 is 1. The fraction of sp³-hybridized carbons (Fsp3) is 1.00. The zero-order valence-electron chi connectivity index (χ0n) is 14.7. The van der Waals surface area contributed by atoms with E-state index in [9.17, 15) is 40.9 Å². The second-order valence-corrected chi connectivity index (χ2v) is 6.62. The van der Waals surface area contributed by atoms with Crippen LogP contribution in [-0.4, -0.2) is 135 Å². The van der Waals surface area contributed by atoms with Gasteiger partial charge in [-0.3, -0.25) is 0 Å². The minimum Gasteiger partial charge on any atom is -0.394 e. The summed E-state index contributed by atoms with van der Waals surface area (Å²) in [6.07, 6.45) is -16.3. The van der Waals surface area contributed by atoms with Crippen LogP contribution in [0, 0.1) is 0 Å². The van der Waals surface area contributed by atoms with Gasteiger partial charge in [0.2, 0.25) is 0 Å². The highest BCUT2D eigenvalue weighted by Crippen LogP contribution is 2.30. The van der Waals surface area contributed by atoms with Gasteiger partial charge in [0.25, 0.3) is 0 Å². The third kappa shape index (κ3) is 4.75. The first-order valence-electron chi connectivity index (χ1n) is 8.52. The Hall–Kier alpha value is -0.480. The number of aliphatic hydroxyl groups is 8. The molecule has 0 spiro atoms. The molecule has 27 heavy (non-hydrogen) atoms. The van der Waals surface area contributed by atoms with Crippen LogP contribution in [0.5, 0.6) is 0 Å². The van der Waals surface area contributed by atoms with E-state index < -0.39 is 80.5 Å². The van der Waals surface area contributed by atoms with Crippen LogP contribution in [0.4, 0.5) is 0 Å². The first kappa shape index (κ1) is 22.8. The number of hydrogen-bond donors (Lipinski definition) is 8. The normalized spacial score (nSPS) is 47.0. The largest absolute Gasteiger partial charge is 0.394 e. The van der Waals surface area contributed by atoms with Crippen molar-refractivity contribution < 1.29 is 59.8 Å². The number of hydrogen-bond acceptors (Lipinski definition) is 12. The van der Waals surface area contributed by atoms with Gasteiger partial charge in [-0.1, -0.05) is 0 Å². The molecule has 0 aromatic heterocycles. The highest BCUT2D eigenvalue weighted by atomic mass is 16.7. The van der Waals surface area contributed by atoms with Crippen molar-refractivity contribution in [2.24, 2.45) is 0 Å². The van der Waals surface area contributed by atoms with Crippen molar-refractivity contribution in [2.75, 3.05) is 26.9 Å². The summed E-state index contributed by atoms with van der Waals surface area (Å²) >= 11 is 0. The lowest BCUT2D eigenvalue weighted by Crippen LogP contribution is -2.66. The van der Waals surface area contributed by atoms with Gasteiger partial charge in [-0.15, -0.1) is 0 Å². The van der Waals surface area contributed by atoms with Gasteiger partial charge in [-0.2, -0.15) is 0 Å². The first-order chi connectivity index (χ1) is 12.8. The van der Waals surface area contributed by atoms with Gasteiger partial charge >= 0.3 is 0 Å². The number of ether oxygens (including phenoxy) is 4. The Morgan fingerprint density at radius 3 is 2.00 bits per heavy atom. The number of aliphatic hydroxyl groups excluding tert-OH is 8. The molecule has 2 fully saturated rings. The lowest BCUT2D eigenvalue weighted by molar-refractivity contribution is -0.345. The maximum atomic E-state index is 10.4. The van der Waals surface area contributed by atoms with Crippen LogP contribution in [-0.2, 0) is 18.9 Å². The minimum absolute atomic E-state index is 0.190. The van der Waals surface area contributed by atoms with E-state index in [-0.39, 0.29) is 6.61 Å². The van der Waals surface area contributed by atoms with Crippen molar-refractivity contribution in [2.45, 2.75) is 67.3 Å². The highest BCUT2D eigenvalue weighted by molar-refractivity contribution is 4.97. The van der Waals surface area contributed by atoms with Gasteiger partial charge in [0.05, 0.1) is 19.8 Å². The van der Waals surface area contributed by atoms with E-state index in [1.54, 1.807) is 0 Å². The van der Waals surface area contributed by atoms with Gasteiger partial charge in [0, 0.05) is 7.11 Å². The maximum Gasteiger partial charge on any atom is 0.187 e. The summed E-state index contributed by atoms with van der Waals surface area (Å²) in [5.41, 5.74) is 0. The summed E-state index contributed by atoms with van der Waals surface area (Å²) in [4.78, 5) is 0. The molecule has 11 atom stereocenters. The second-order valence-electron chi connectivity index (χ2n) is 6.62. The molecule has 2 rings (SSSR count). The van der Waals surface area contributed by atoms with E-state index in [0.717, 1.165) is 0 Å². The Morgan fingerprint density at radius 2 is 1.44 bits per heavy atom. The molecule has 12 heteroatoms. The van der Waals surface area contributed by atoms with Crippen LogP contribution in [0.15, 0.2) is 0 Å². The standard InChI is InChI=1S/C15H28O12/c1-24-4-5(18)13-10(21)11(22)14(7(3-17)25-13)27-15-12(23)9(20)8(19)6(2-16)26-15/h5-23H,2-4H2,1H3/t5?,6-,7-,8+,9+,10-,11-,12-,13?,14-,15+/m0/s1. The minimum atomic E-state index is -1.73. The first-order valence-corrected chi connectivity index (χ1v) is 8.52. The molecular weight excluding hydrogens is 372 g/mol. The molecule has 160 valence electrons. The Labute approximate surface area is 155 Å². The fourth-order valence-electron chi connectivity index (χ4n) is 3.20. The van der Waals surface area contributed by atoms with Crippen LogP contribution in [0.2, 0.25) is 0 Å². The van der Waals surface area contributed by atoms with E-state index in [4.69, 9.17) is 18.9 Å². The van der Waals surface area contributed by atoms with E-state index in [2.05, 4.69) is 0 Å². The molecule has 0 aromatic rings. The molecule has 2 saturated heterocycles. The van der Waals surface area contributed by atoms with Crippen LogP contribution in [0.3, 0.4) is 0 Å². The van der Waals surface area contributed by atoms with Crippen LogP contribution >= 0.6 is 0 Å². The van der Waals surface area contributed by atoms with Gasteiger partial charge in [0.1, 0.15) is 61.0 Å². The summed E-state index contributed by atoms with van der Waals surface area (Å²) in [5.74, 6) is 0. The Balaban J connectivity index is 2.12. The van der Waals surface area contributed by atoms with E-state index in [0.29, 0.717) is 0 Å². The van der Waals surface area contributed by atoms with Gasteiger partial charge in [-0.05, 0) is 0 Å². The zero-order chi connectivity index (χ0) is 20.3. The summed E-state index contributed by atoms with van der Waals surface area (Å²) in [6, 6.07) is 0. The summed E-state index contributed by atoms with van der Waals surface area (Å²) in [6.45, 7) is -1.53. The van der Waals surface area contributed by atoms with Crippen molar-refractivity contribution in [1.82, 2.24) is 0 Å². The summed E-state index contributed by atoms with van der Waals surface area (Å²) in [5, 5.41) is 78.9. The molecule has 0 amide bonds. The molecule has 2 heterocycles. The quantitative estimate of drug-likeness (QED) is 0.202. The molecule has 2 aliphatic rings. The molecule has 0 radical (unpaired) electrons. The predicted octanol–water partition coefficient (Wildman–Crippen LogP) is -5.34. The zero-order valence-corrected chi connectivity index (χ0v) is 14.7. The highest BCUT2D eigenvalue weighted by Gasteiger charge is 2.51. The lowest BCUT2D eigenvalue weighted by Gasteiger charge is -2.46. The molecule has 0 aromatic carbocycles. The second kappa shape index (κ2) is 9.82. The van der Waals surface area contributed by atoms with Crippen molar-refractivity contribution in [3.63, 3.8) is 0 Å². The smallest absolute Gasteiger partial charge is 0.187 e. The van der Waals surface area contributed by atoms with Crippen LogP contribution in [0.25, 0.3) is 0 Å². The SMILES string of the molecule is COCC(O)C1O[C@@H](CO)[C@H](O[C@H]2O[C@@H](CO)[C@@H](O)[C@@H](O)[C@@H]2O)[C@@H](O)[C@@H]1O. The molecule has 2 unspecified atom stereocenters. The van der Waals surface area contributed by atoms with Crippen molar-refractivity contribution in [3.05, 3.63) is 0 Å². The molecule has 0 bridgehead atoms. The molecule has 2 aliphatic heterocycles. The third-order valence-electron chi connectivity index (χ3n) is 4.76. The molecule has 0 saturated carbocycles. The molecule has 12 nitrogen and oxygen atoms in total. The molecule has 0 aliphatic carbocycles. The summed E-state index contributed by atoms with van der Waals surface area (Å²) in [7, 11) is 1.32. The third-order valence-corrected chi connectivity index (χ3v) is 4.76. The van der Waals surface area contributed by atoms with E-state index >= 15 is 0 Å². The van der Waals surface area contributed by atoms with Crippen LogP contribution < -0.4 is 0 Å². The number of rotatable bonds is 7. The van der Waals surface area contributed by atoms with Crippen molar-refractivity contribution >= 4 is 0 Å². The predicted molar refractivity (Wildman–Crippen MR) is 84.3 cm³/mol. The van der Waals surface area contributed by atoms with Crippen LogP contribution in [0.1, 0.15) is 0 Å². The fourth-order valence-corrected chi connectivity index (χ4v) is 3.20. The van der Waals surface area contributed by atoms with E-state index in [1.807, 2.05) is 0 Å². The molecule has 8 N–H and O–H groups in total. The maximum absolute atomic E-state index is 10.4. The van der Waals surface area contributed by atoms with Crippen molar-refractivity contribution in [3.8, 4) is 0 Å². The van der Waals surface area contributed by atoms with Gasteiger partial charge in [-0.25, -0.2) is 0 Å². The lowest BCUT2D eigenvalue weighted by atomic mass is 9.92. The van der Waals surface area contributed by atoms with Gasteiger partial charge < -0.3 is 59.8 Å². The Bertz CT molecular complexity index is 449. The summed E-state index contributed by atoms with van der Waals surface area (Å²) < 4.78 is 20.8. The monoisotopic (exact) mass is 400 g/mol. The average molecular weight is 400 g/mol.